The second-order valence-corrected chi connectivity index (χ2v) is 5.36. The van der Waals surface area contributed by atoms with Crippen LogP contribution in [0.3, 0.4) is 0 Å². The second kappa shape index (κ2) is 5.44. The van der Waals surface area contributed by atoms with Gasteiger partial charge in [0, 0.05) is 0 Å². The lowest BCUT2D eigenvalue weighted by atomic mass is 9.96. The summed E-state index contributed by atoms with van der Waals surface area (Å²) in [4.78, 5) is 13.2. The number of rotatable bonds is 2. The molecule has 0 aliphatic heterocycles. The van der Waals surface area contributed by atoms with Gasteiger partial charge in [-0.15, -0.1) is 11.3 Å². The van der Waals surface area contributed by atoms with Crippen LogP contribution >= 0.6 is 11.3 Å². The minimum Gasteiger partial charge on any atom is -0.288 e. The van der Waals surface area contributed by atoms with E-state index in [1.165, 1.54) is 25.7 Å². The average molecular weight is 234 g/mol. The van der Waals surface area contributed by atoms with Crippen molar-refractivity contribution in [1.29, 1.82) is 0 Å². The van der Waals surface area contributed by atoms with Gasteiger partial charge in [-0.1, -0.05) is 18.9 Å². The van der Waals surface area contributed by atoms with Gasteiger partial charge in [0.2, 0.25) is 0 Å². The molecule has 16 heavy (non-hydrogen) atoms. The van der Waals surface area contributed by atoms with E-state index in [2.05, 4.69) is 6.08 Å². The third-order valence-corrected chi connectivity index (χ3v) is 4.17. The topological polar surface area (TPSA) is 17.1 Å². The van der Waals surface area contributed by atoms with E-state index in [1.807, 2.05) is 18.4 Å². The first-order valence-corrected chi connectivity index (χ1v) is 6.95. The molecule has 0 aromatic carbocycles. The van der Waals surface area contributed by atoms with E-state index in [9.17, 15) is 4.79 Å². The van der Waals surface area contributed by atoms with Crippen molar-refractivity contribution in [2.45, 2.75) is 45.4 Å². The van der Waals surface area contributed by atoms with Crippen molar-refractivity contribution in [3.05, 3.63) is 33.5 Å². The van der Waals surface area contributed by atoms with Crippen molar-refractivity contribution in [1.82, 2.24) is 0 Å². The summed E-state index contributed by atoms with van der Waals surface area (Å²) in [5.41, 5.74) is 2.17. The lowest BCUT2D eigenvalue weighted by Gasteiger charge is -2.10. The van der Waals surface area contributed by atoms with Gasteiger partial charge in [-0.2, -0.15) is 0 Å². The molecule has 86 valence electrons. The lowest BCUT2D eigenvalue weighted by Crippen LogP contribution is -2.04. The monoisotopic (exact) mass is 234 g/mol. The Balaban J connectivity index is 2.17. The van der Waals surface area contributed by atoms with Gasteiger partial charge in [-0.3, -0.25) is 4.79 Å². The van der Waals surface area contributed by atoms with E-state index < -0.39 is 0 Å². The highest BCUT2D eigenvalue weighted by molar-refractivity contribution is 7.12. The number of hydrogen-bond donors (Lipinski definition) is 0. The fourth-order valence-electron chi connectivity index (χ4n) is 2.15. The SMILES string of the molecule is Cc1ccsc1C(=O)/C1=C/CCCCCC1. The standard InChI is InChI=1S/C14H18OS/c1-11-9-10-16-14(11)13(15)12-7-5-3-2-4-6-8-12/h7,9-10H,2-6,8H2,1H3/b12-7+. The maximum absolute atomic E-state index is 12.3. The van der Waals surface area contributed by atoms with Crippen molar-refractivity contribution in [3.8, 4) is 0 Å². The molecular formula is C14H18OS. The first-order valence-electron chi connectivity index (χ1n) is 6.07. The predicted octanol–water partition coefficient (Wildman–Crippen LogP) is 4.52. The van der Waals surface area contributed by atoms with Crippen molar-refractivity contribution in [2.75, 3.05) is 0 Å². The summed E-state index contributed by atoms with van der Waals surface area (Å²) in [6, 6.07) is 2.03. The van der Waals surface area contributed by atoms with Crippen LogP contribution in [0, 0.1) is 6.92 Å². The fraction of sp³-hybridized carbons (Fsp3) is 0.500. The molecule has 0 amide bonds. The zero-order valence-electron chi connectivity index (χ0n) is 9.79. The van der Waals surface area contributed by atoms with Gasteiger partial charge < -0.3 is 0 Å². The van der Waals surface area contributed by atoms with Crippen LogP contribution in [0.1, 0.15) is 53.8 Å². The van der Waals surface area contributed by atoms with E-state index in [0.29, 0.717) is 0 Å². The zero-order chi connectivity index (χ0) is 11.4. The van der Waals surface area contributed by atoms with Crippen LogP contribution in [-0.2, 0) is 0 Å². The maximum Gasteiger partial charge on any atom is 0.198 e. The third kappa shape index (κ3) is 2.62. The molecule has 0 N–H and O–H groups in total. The predicted molar refractivity (Wildman–Crippen MR) is 69.2 cm³/mol. The number of Topliss-reactive ketones (excluding diaryl/α,β-unsaturated/α-hetero) is 1. The minimum atomic E-state index is 0.273. The van der Waals surface area contributed by atoms with Gasteiger partial charge in [0.1, 0.15) is 0 Å². The molecule has 2 rings (SSSR count). The van der Waals surface area contributed by atoms with Crippen molar-refractivity contribution in [2.24, 2.45) is 0 Å². The second-order valence-electron chi connectivity index (χ2n) is 4.44. The summed E-state index contributed by atoms with van der Waals surface area (Å²) in [6.45, 7) is 2.02. The molecule has 0 spiro atoms. The summed E-state index contributed by atoms with van der Waals surface area (Å²) in [7, 11) is 0. The van der Waals surface area contributed by atoms with Crippen LogP contribution in [0.15, 0.2) is 23.1 Å². The van der Waals surface area contributed by atoms with Crippen LogP contribution in [0.4, 0.5) is 0 Å². The Bertz CT molecular complexity index is 401. The molecule has 0 bridgehead atoms. The number of hydrogen-bond acceptors (Lipinski definition) is 2. The van der Waals surface area contributed by atoms with Gasteiger partial charge in [0.25, 0.3) is 0 Å². The molecule has 0 unspecified atom stereocenters. The van der Waals surface area contributed by atoms with Gasteiger partial charge in [-0.25, -0.2) is 0 Å². The Hall–Kier alpha value is -0.890. The third-order valence-electron chi connectivity index (χ3n) is 3.15. The van der Waals surface area contributed by atoms with E-state index in [4.69, 9.17) is 0 Å². The summed E-state index contributed by atoms with van der Waals surface area (Å²) >= 11 is 1.57. The molecule has 1 heterocycles. The first-order chi connectivity index (χ1) is 7.79. The molecule has 0 saturated heterocycles. The quantitative estimate of drug-likeness (QED) is 0.688. The summed E-state index contributed by atoms with van der Waals surface area (Å²) in [5.74, 6) is 0.273. The summed E-state index contributed by atoms with van der Waals surface area (Å²) in [6.07, 6.45) is 9.20. The average Bonchev–Trinajstić information content (AvgIpc) is 2.63. The molecule has 1 aromatic rings. The molecule has 1 aliphatic rings. The van der Waals surface area contributed by atoms with Gasteiger partial charge in [0.15, 0.2) is 5.78 Å². The number of thiophene rings is 1. The zero-order valence-corrected chi connectivity index (χ0v) is 10.6. The van der Waals surface area contributed by atoms with E-state index in [1.54, 1.807) is 11.3 Å². The van der Waals surface area contributed by atoms with Crippen LogP contribution < -0.4 is 0 Å². The van der Waals surface area contributed by atoms with Crippen LogP contribution in [0.2, 0.25) is 0 Å². The number of aryl methyl sites for hydroxylation is 1. The van der Waals surface area contributed by atoms with Crippen molar-refractivity contribution >= 4 is 17.1 Å². The smallest absolute Gasteiger partial charge is 0.198 e. The Labute approximate surface area is 101 Å². The molecule has 0 fully saturated rings. The normalized spacial score (nSPS) is 20.7. The number of allylic oxidation sites excluding steroid dienone is 2. The summed E-state index contributed by atoms with van der Waals surface area (Å²) < 4.78 is 0. The van der Waals surface area contributed by atoms with Crippen molar-refractivity contribution in [3.63, 3.8) is 0 Å². The highest BCUT2D eigenvalue weighted by Crippen LogP contribution is 2.24. The number of ketones is 1. The molecule has 0 atom stereocenters. The maximum atomic E-state index is 12.3. The highest BCUT2D eigenvalue weighted by Gasteiger charge is 2.16. The van der Waals surface area contributed by atoms with Crippen molar-refractivity contribution < 1.29 is 4.79 Å². The fourth-order valence-corrected chi connectivity index (χ4v) is 3.05. The van der Waals surface area contributed by atoms with E-state index in [0.717, 1.165) is 28.9 Å². The molecule has 1 aromatic heterocycles. The van der Waals surface area contributed by atoms with Gasteiger partial charge in [-0.05, 0) is 55.2 Å². The Morgan fingerprint density at radius 2 is 2.06 bits per heavy atom. The largest absolute Gasteiger partial charge is 0.288 e. The first kappa shape index (κ1) is 11.6. The molecule has 1 nitrogen and oxygen atoms in total. The molecule has 0 radical (unpaired) electrons. The highest BCUT2D eigenvalue weighted by atomic mass is 32.1. The molecule has 0 saturated carbocycles. The number of carbonyl (C=O) groups is 1. The summed E-state index contributed by atoms with van der Waals surface area (Å²) in [5, 5.41) is 2.01. The van der Waals surface area contributed by atoms with E-state index in [-0.39, 0.29) is 5.78 Å². The molecular weight excluding hydrogens is 216 g/mol. The van der Waals surface area contributed by atoms with Crippen LogP contribution in [0.25, 0.3) is 0 Å². The minimum absolute atomic E-state index is 0.273. The Morgan fingerprint density at radius 1 is 1.25 bits per heavy atom. The van der Waals surface area contributed by atoms with Crippen LogP contribution in [0.5, 0.6) is 0 Å². The molecule has 2 heteroatoms. The van der Waals surface area contributed by atoms with Crippen LogP contribution in [-0.4, -0.2) is 5.78 Å². The van der Waals surface area contributed by atoms with Gasteiger partial charge >= 0.3 is 0 Å². The van der Waals surface area contributed by atoms with E-state index >= 15 is 0 Å². The Morgan fingerprint density at radius 3 is 2.81 bits per heavy atom. The van der Waals surface area contributed by atoms with Gasteiger partial charge in [0.05, 0.1) is 4.88 Å². The Kier molecular flexibility index (Phi) is 3.94. The number of carbonyl (C=O) groups excluding carboxylic acids is 1. The lowest BCUT2D eigenvalue weighted by molar-refractivity contribution is 0.103. The molecule has 1 aliphatic carbocycles.